The third-order valence-corrected chi connectivity index (χ3v) is 2.19. The highest BCUT2D eigenvalue weighted by Gasteiger charge is 2.34. The van der Waals surface area contributed by atoms with Crippen LogP contribution in [0.25, 0.3) is 0 Å². The Morgan fingerprint density at radius 2 is 1.40 bits per heavy atom. The smallest absolute Gasteiger partial charge is 0.202 e. The lowest BCUT2D eigenvalue weighted by atomic mass is 10.1. The number of hydrogen-bond acceptors (Lipinski definition) is 0. The highest BCUT2D eigenvalue weighted by atomic mass is 79.9. The minimum absolute atomic E-state index is 0.0196. The molecular weight excluding hydrogens is 283 g/mol. The topological polar surface area (TPSA) is 0 Å². The maximum absolute atomic E-state index is 12.8. The van der Waals surface area contributed by atoms with Gasteiger partial charge in [0.05, 0.1) is 5.56 Å². The van der Waals surface area contributed by atoms with Gasteiger partial charge in [0, 0.05) is 17.0 Å². The lowest BCUT2D eigenvalue weighted by Gasteiger charge is -2.14. The Morgan fingerprint density at radius 3 is 1.80 bits per heavy atom. The van der Waals surface area contributed by atoms with Gasteiger partial charge in [0.2, 0.25) is 0 Å². The van der Waals surface area contributed by atoms with Crippen molar-refractivity contribution in [3.8, 4) is 0 Å². The molecular formula is C9H6BrF5. The Balaban J connectivity index is 3.30. The lowest BCUT2D eigenvalue weighted by molar-refractivity contribution is -0.137. The number of hydrogen-bond donors (Lipinski definition) is 0. The van der Waals surface area contributed by atoms with E-state index in [0.717, 1.165) is 12.1 Å². The monoisotopic (exact) mass is 288 g/mol. The van der Waals surface area contributed by atoms with Crippen LogP contribution >= 0.6 is 15.9 Å². The summed E-state index contributed by atoms with van der Waals surface area (Å²) in [4.78, 5) is 0. The van der Waals surface area contributed by atoms with E-state index in [-0.39, 0.29) is 4.47 Å². The Hall–Kier alpha value is -0.650. The van der Waals surface area contributed by atoms with Crippen LogP contribution in [0.2, 0.25) is 0 Å². The molecule has 6 heteroatoms. The zero-order valence-corrected chi connectivity index (χ0v) is 9.09. The zero-order valence-electron chi connectivity index (χ0n) is 7.50. The molecule has 84 valence electrons. The van der Waals surface area contributed by atoms with Crippen LogP contribution in [0.1, 0.15) is 18.1 Å². The van der Waals surface area contributed by atoms with E-state index >= 15 is 0 Å². The van der Waals surface area contributed by atoms with Gasteiger partial charge < -0.3 is 0 Å². The Bertz CT molecular complexity index is 331. The van der Waals surface area contributed by atoms with Crippen molar-refractivity contribution in [3.63, 3.8) is 0 Å². The molecule has 1 rings (SSSR count). The number of halogens is 6. The van der Waals surface area contributed by atoms with Crippen LogP contribution in [0.3, 0.4) is 0 Å². The number of alkyl halides is 5. The number of rotatable bonds is 1. The van der Waals surface area contributed by atoms with E-state index in [1.807, 2.05) is 0 Å². The fourth-order valence-corrected chi connectivity index (χ4v) is 1.50. The van der Waals surface area contributed by atoms with E-state index < -0.39 is 23.2 Å². The first kappa shape index (κ1) is 12.4. The molecule has 0 spiro atoms. The van der Waals surface area contributed by atoms with E-state index in [0.29, 0.717) is 13.0 Å². The van der Waals surface area contributed by atoms with E-state index in [1.54, 1.807) is 0 Å². The summed E-state index contributed by atoms with van der Waals surface area (Å²) in [6.07, 6.45) is -4.62. The fraction of sp³-hybridized carbons (Fsp3) is 0.333. The maximum Gasteiger partial charge on any atom is 0.416 e. The molecule has 0 unspecified atom stereocenters. The van der Waals surface area contributed by atoms with Crippen molar-refractivity contribution < 1.29 is 22.0 Å². The first-order valence-corrected chi connectivity index (χ1v) is 4.66. The molecule has 1 aromatic carbocycles. The van der Waals surface area contributed by atoms with Gasteiger partial charge in [-0.05, 0) is 18.2 Å². The van der Waals surface area contributed by atoms with Gasteiger partial charge in [-0.15, -0.1) is 0 Å². The molecule has 0 bridgehead atoms. The molecule has 0 aliphatic carbocycles. The molecule has 0 fully saturated rings. The van der Waals surface area contributed by atoms with Crippen molar-refractivity contribution in [2.75, 3.05) is 0 Å². The van der Waals surface area contributed by atoms with Crippen LogP contribution in [0.5, 0.6) is 0 Å². The van der Waals surface area contributed by atoms with Gasteiger partial charge in [-0.1, -0.05) is 15.9 Å². The van der Waals surface area contributed by atoms with E-state index in [4.69, 9.17) is 0 Å². The Morgan fingerprint density at radius 1 is 0.933 bits per heavy atom. The van der Waals surface area contributed by atoms with Crippen molar-refractivity contribution in [3.05, 3.63) is 33.8 Å². The second-order valence-electron chi connectivity index (χ2n) is 3.11. The summed E-state index contributed by atoms with van der Waals surface area (Å²) in [5.74, 6) is -3.29. The van der Waals surface area contributed by atoms with E-state index in [9.17, 15) is 22.0 Å². The Labute approximate surface area is 91.2 Å². The van der Waals surface area contributed by atoms with Crippen LogP contribution in [-0.4, -0.2) is 0 Å². The molecule has 0 amide bonds. The SMILES string of the molecule is CC(F)(F)c1cc(Br)cc(C(F)(F)F)c1. The van der Waals surface area contributed by atoms with Gasteiger partial charge >= 0.3 is 6.18 Å². The first-order valence-electron chi connectivity index (χ1n) is 3.87. The maximum atomic E-state index is 12.8. The molecule has 15 heavy (non-hydrogen) atoms. The predicted molar refractivity (Wildman–Crippen MR) is 48.7 cm³/mol. The quantitative estimate of drug-likeness (QED) is 0.664. The molecule has 0 aliphatic heterocycles. The van der Waals surface area contributed by atoms with Crippen molar-refractivity contribution >= 4 is 15.9 Å². The van der Waals surface area contributed by atoms with Gasteiger partial charge in [0.15, 0.2) is 0 Å². The molecule has 0 saturated heterocycles. The van der Waals surface area contributed by atoms with E-state index in [2.05, 4.69) is 15.9 Å². The second-order valence-corrected chi connectivity index (χ2v) is 4.03. The minimum Gasteiger partial charge on any atom is -0.202 e. The molecule has 0 aromatic heterocycles. The van der Waals surface area contributed by atoms with Crippen molar-refractivity contribution in [2.24, 2.45) is 0 Å². The normalized spacial score (nSPS) is 13.0. The summed E-state index contributed by atoms with van der Waals surface area (Å²) in [6, 6.07) is 2.18. The molecule has 0 atom stereocenters. The van der Waals surface area contributed by atoms with Gasteiger partial charge in [-0.25, -0.2) is 8.78 Å². The van der Waals surface area contributed by atoms with Crippen LogP contribution in [-0.2, 0) is 12.1 Å². The minimum atomic E-state index is -4.62. The second kappa shape index (κ2) is 3.73. The summed E-state index contributed by atoms with van der Waals surface area (Å²) in [7, 11) is 0. The fourth-order valence-electron chi connectivity index (χ4n) is 1.01. The third-order valence-electron chi connectivity index (χ3n) is 1.73. The summed E-state index contributed by atoms with van der Waals surface area (Å²) >= 11 is 2.76. The standard InChI is InChI=1S/C9H6BrF5/c1-8(11,12)5-2-6(9(13,14)15)4-7(10)3-5/h2-4H,1H3. The summed E-state index contributed by atoms with van der Waals surface area (Å²) in [5, 5.41) is 0. The molecule has 0 saturated carbocycles. The Kier molecular flexibility index (Phi) is 3.09. The summed E-state index contributed by atoms with van der Waals surface area (Å²) < 4.78 is 62.4. The summed E-state index contributed by atoms with van der Waals surface area (Å²) in [6.45, 7) is 0.551. The van der Waals surface area contributed by atoms with Gasteiger partial charge in [0.25, 0.3) is 5.92 Å². The van der Waals surface area contributed by atoms with Gasteiger partial charge in [-0.3, -0.25) is 0 Å². The van der Waals surface area contributed by atoms with Crippen molar-refractivity contribution in [1.29, 1.82) is 0 Å². The molecule has 0 heterocycles. The number of benzene rings is 1. The molecule has 0 aliphatic rings. The first-order chi connectivity index (χ1) is 6.60. The predicted octanol–water partition coefficient (Wildman–Crippen LogP) is 4.58. The van der Waals surface area contributed by atoms with Crippen molar-refractivity contribution in [1.82, 2.24) is 0 Å². The largest absolute Gasteiger partial charge is 0.416 e. The highest BCUT2D eigenvalue weighted by Crippen LogP contribution is 2.36. The average molecular weight is 289 g/mol. The zero-order chi connectivity index (χ0) is 11.9. The third kappa shape index (κ3) is 3.15. The molecule has 0 N–H and O–H groups in total. The molecule has 0 radical (unpaired) electrons. The molecule has 0 nitrogen and oxygen atoms in total. The van der Waals surface area contributed by atoms with Crippen LogP contribution in [0.15, 0.2) is 22.7 Å². The molecule has 1 aromatic rings. The summed E-state index contributed by atoms with van der Waals surface area (Å²) in [5.41, 5.74) is -1.75. The van der Waals surface area contributed by atoms with Gasteiger partial charge in [-0.2, -0.15) is 13.2 Å². The van der Waals surface area contributed by atoms with Crippen LogP contribution < -0.4 is 0 Å². The van der Waals surface area contributed by atoms with Crippen molar-refractivity contribution in [2.45, 2.75) is 19.0 Å². The van der Waals surface area contributed by atoms with Crippen LogP contribution in [0.4, 0.5) is 22.0 Å². The van der Waals surface area contributed by atoms with Crippen LogP contribution in [0, 0.1) is 0 Å². The van der Waals surface area contributed by atoms with Gasteiger partial charge in [0.1, 0.15) is 0 Å². The average Bonchev–Trinajstić information content (AvgIpc) is 1.99. The lowest BCUT2D eigenvalue weighted by Crippen LogP contribution is -2.11. The highest BCUT2D eigenvalue weighted by molar-refractivity contribution is 9.10. The van der Waals surface area contributed by atoms with E-state index in [1.165, 1.54) is 0 Å².